The molecule has 1 atom stereocenters. The zero-order chi connectivity index (χ0) is 20.0. The Hall–Kier alpha value is -2.76. The second kappa shape index (κ2) is 7.25. The van der Waals surface area contributed by atoms with Crippen LogP contribution in [0.15, 0.2) is 66.8 Å². The number of benzene rings is 1. The van der Waals surface area contributed by atoms with Crippen molar-refractivity contribution in [3.05, 3.63) is 88.2 Å². The number of halogens is 2. The number of fused-ring (bicyclic) bond motifs is 2. The smallest absolute Gasteiger partial charge is 0.144 e. The van der Waals surface area contributed by atoms with Gasteiger partial charge in [0.15, 0.2) is 0 Å². The van der Waals surface area contributed by atoms with Gasteiger partial charge in [0, 0.05) is 29.1 Å². The van der Waals surface area contributed by atoms with E-state index in [1.54, 1.807) is 12.3 Å². The standard InChI is InChI=1S/C22H19Cl2N5/c1-2-6-17-19(22-25-13-14-7-3-4-12-28(14)22)21(29-18(27-17)10-11-26-29)15-8-5-9-16(23)20(15)24/h3-5,7-13,21,27H,2,6H2,1H3. The van der Waals surface area contributed by atoms with Gasteiger partial charge >= 0.3 is 0 Å². The molecular weight excluding hydrogens is 405 g/mol. The lowest BCUT2D eigenvalue weighted by atomic mass is 9.93. The number of nitrogens with zero attached hydrogens (tertiary/aromatic N) is 4. The van der Waals surface area contributed by atoms with Crippen LogP contribution in [0.4, 0.5) is 5.82 Å². The predicted molar refractivity (Wildman–Crippen MR) is 117 cm³/mol. The molecule has 0 fully saturated rings. The molecule has 0 bridgehead atoms. The molecule has 0 aliphatic carbocycles. The summed E-state index contributed by atoms with van der Waals surface area (Å²) in [6.07, 6.45) is 7.60. The highest BCUT2D eigenvalue weighted by molar-refractivity contribution is 6.42. The van der Waals surface area contributed by atoms with Gasteiger partial charge in [-0.3, -0.25) is 4.40 Å². The summed E-state index contributed by atoms with van der Waals surface area (Å²) in [6, 6.07) is 13.5. The zero-order valence-electron chi connectivity index (χ0n) is 15.8. The number of imidazole rings is 1. The predicted octanol–water partition coefficient (Wildman–Crippen LogP) is 6.06. The summed E-state index contributed by atoms with van der Waals surface area (Å²) in [6.45, 7) is 2.17. The van der Waals surface area contributed by atoms with E-state index >= 15 is 0 Å². The summed E-state index contributed by atoms with van der Waals surface area (Å²) in [5.74, 6) is 1.80. The molecule has 0 amide bonds. The van der Waals surface area contributed by atoms with Gasteiger partial charge in [0.2, 0.25) is 0 Å². The van der Waals surface area contributed by atoms with Crippen LogP contribution in [-0.2, 0) is 0 Å². The molecule has 1 unspecified atom stereocenters. The van der Waals surface area contributed by atoms with Crippen molar-refractivity contribution in [1.82, 2.24) is 19.2 Å². The minimum Gasteiger partial charge on any atom is -0.343 e. The third-order valence-corrected chi connectivity index (χ3v) is 6.08. The van der Waals surface area contributed by atoms with Crippen LogP contribution in [-0.4, -0.2) is 19.2 Å². The summed E-state index contributed by atoms with van der Waals surface area (Å²) in [5.41, 5.74) is 4.12. The summed E-state index contributed by atoms with van der Waals surface area (Å²) in [5, 5.41) is 9.23. The number of hydrogen-bond acceptors (Lipinski definition) is 3. The highest BCUT2D eigenvalue weighted by Gasteiger charge is 2.34. The maximum atomic E-state index is 6.69. The van der Waals surface area contributed by atoms with Crippen molar-refractivity contribution in [2.45, 2.75) is 25.8 Å². The Morgan fingerprint density at radius 3 is 2.86 bits per heavy atom. The monoisotopic (exact) mass is 423 g/mol. The lowest BCUT2D eigenvalue weighted by Gasteiger charge is -2.31. The van der Waals surface area contributed by atoms with Gasteiger partial charge in [0.25, 0.3) is 0 Å². The highest BCUT2D eigenvalue weighted by atomic mass is 35.5. The molecule has 5 rings (SSSR count). The molecule has 1 aliphatic rings. The van der Waals surface area contributed by atoms with Crippen LogP contribution in [0, 0.1) is 0 Å². The van der Waals surface area contributed by atoms with Gasteiger partial charge in [-0.05, 0) is 24.6 Å². The van der Waals surface area contributed by atoms with Crippen molar-refractivity contribution in [2.75, 3.05) is 5.32 Å². The molecule has 0 spiro atoms. The van der Waals surface area contributed by atoms with E-state index < -0.39 is 0 Å². The minimum atomic E-state index is -0.236. The highest BCUT2D eigenvalue weighted by Crippen LogP contribution is 2.45. The molecule has 1 aliphatic heterocycles. The van der Waals surface area contributed by atoms with E-state index in [9.17, 15) is 0 Å². The van der Waals surface area contributed by atoms with Gasteiger partial charge in [-0.2, -0.15) is 5.10 Å². The lowest BCUT2D eigenvalue weighted by molar-refractivity contribution is 0.610. The summed E-state index contributed by atoms with van der Waals surface area (Å²) >= 11 is 13.1. The van der Waals surface area contributed by atoms with Gasteiger partial charge in [-0.25, -0.2) is 9.67 Å². The third kappa shape index (κ3) is 2.93. The Bertz CT molecular complexity index is 1240. The molecule has 7 heteroatoms. The number of nitrogens with one attached hydrogen (secondary N) is 1. The normalized spacial score (nSPS) is 16.2. The van der Waals surface area contributed by atoms with Crippen molar-refractivity contribution in [3.63, 3.8) is 0 Å². The van der Waals surface area contributed by atoms with Crippen LogP contribution in [0.3, 0.4) is 0 Å². The van der Waals surface area contributed by atoms with Crippen LogP contribution in [0.25, 0.3) is 11.1 Å². The Labute approximate surface area is 178 Å². The van der Waals surface area contributed by atoms with Crippen LogP contribution in [0.2, 0.25) is 10.0 Å². The van der Waals surface area contributed by atoms with Crippen LogP contribution >= 0.6 is 23.2 Å². The first-order valence-corrected chi connectivity index (χ1v) is 10.3. The van der Waals surface area contributed by atoms with Gasteiger partial charge in [-0.15, -0.1) is 0 Å². The van der Waals surface area contributed by atoms with Crippen LogP contribution < -0.4 is 5.32 Å². The summed E-state index contributed by atoms with van der Waals surface area (Å²) in [7, 11) is 0. The molecule has 146 valence electrons. The van der Waals surface area contributed by atoms with E-state index in [2.05, 4.69) is 21.7 Å². The van der Waals surface area contributed by atoms with Crippen molar-refractivity contribution in [2.24, 2.45) is 0 Å². The zero-order valence-corrected chi connectivity index (χ0v) is 17.3. The Morgan fingerprint density at radius 2 is 2.00 bits per heavy atom. The Morgan fingerprint density at radius 1 is 1.10 bits per heavy atom. The molecule has 1 N–H and O–H groups in total. The summed E-state index contributed by atoms with van der Waals surface area (Å²) < 4.78 is 4.06. The molecule has 4 heterocycles. The number of anilines is 1. The maximum absolute atomic E-state index is 6.69. The first kappa shape index (κ1) is 18.3. The maximum Gasteiger partial charge on any atom is 0.144 e. The largest absolute Gasteiger partial charge is 0.343 e. The molecule has 0 radical (unpaired) electrons. The molecule has 5 nitrogen and oxygen atoms in total. The third-order valence-electron chi connectivity index (χ3n) is 5.25. The van der Waals surface area contributed by atoms with E-state index in [-0.39, 0.29) is 6.04 Å². The SMILES string of the molecule is CCCC1=C(c2ncc3ccccn23)C(c2cccc(Cl)c2Cl)n2nccc2N1. The number of hydrogen-bond donors (Lipinski definition) is 1. The quantitative estimate of drug-likeness (QED) is 0.433. The van der Waals surface area contributed by atoms with Gasteiger partial charge in [0.05, 0.1) is 28.0 Å². The number of pyridine rings is 1. The average Bonchev–Trinajstić information content (AvgIpc) is 3.36. The van der Waals surface area contributed by atoms with E-state index in [4.69, 9.17) is 28.2 Å². The van der Waals surface area contributed by atoms with Crippen LogP contribution in [0.1, 0.15) is 37.2 Å². The molecular formula is C22H19Cl2N5. The molecule has 29 heavy (non-hydrogen) atoms. The van der Waals surface area contributed by atoms with Crippen molar-refractivity contribution in [1.29, 1.82) is 0 Å². The lowest BCUT2D eigenvalue weighted by Crippen LogP contribution is -2.26. The molecule has 3 aromatic heterocycles. The fraction of sp³-hybridized carbons (Fsp3) is 0.182. The molecule has 0 saturated carbocycles. The average molecular weight is 424 g/mol. The number of allylic oxidation sites excluding steroid dienone is 2. The van der Waals surface area contributed by atoms with Crippen LogP contribution in [0.5, 0.6) is 0 Å². The van der Waals surface area contributed by atoms with Crippen molar-refractivity contribution < 1.29 is 0 Å². The van der Waals surface area contributed by atoms with Gasteiger partial charge in [-0.1, -0.05) is 54.7 Å². The van der Waals surface area contributed by atoms with Crippen molar-refractivity contribution >= 4 is 40.1 Å². The Kier molecular flexibility index (Phi) is 4.57. The topological polar surface area (TPSA) is 47.2 Å². The van der Waals surface area contributed by atoms with Crippen molar-refractivity contribution in [3.8, 4) is 0 Å². The number of rotatable bonds is 4. The second-order valence-corrected chi connectivity index (χ2v) is 7.84. The Balaban J connectivity index is 1.82. The van der Waals surface area contributed by atoms with E-state index in [0.29, 0.717) is 10.0 Å². The van der Waals surface area contributed by atoms with E-state index in [0.717, 1.165) is 46.8 Å². The fourth-order valence-electron chi connectivity index (χ4n) is 3.99. The summed E-state index contributed by atoms with van der Waals surface area (Å²) in [4.78, 5) is 4.78. The fourth-order valence-corrected chi connectivity index (χ4v) is 4.41. The van der Waals surface area contributed by atoms with E-state index in [1.165, 1.54) is 0 Å². The molecule has 0 saturated heterocycles. The van der Waals surface area contributed by atoms with E-state index in [1.807, 2.05) is 53.5 Å². The van der Waals surface area contributed by atoms with Gasteiger partial charge < -0.3 is 5.32 Å². The number of aromatic nitrogens is 4. The minimum absolute atomic E-state index is 0.236. The second-order valence-electron chi connectivity index (χ2n) is 7.05. The molecule has 1 aromatic carbocycles. The first-order chi connectivity index (χ1) is 14.2. The van der Waals surface area contributed by atoms with Gasteiger partial charge in [0.1, 0.15) is 17.7 Å². The first-order valence-electron chi connectivity index (χ1n) is 9.59. The molecule has 4 aromatic rings.